The normalized spacial score (nSPS) is 11.1. The van der Waals surface area contributed by atoms with Gasteiger partial charge in [0, 0.05) is 35.4 Å². The molecule has 2 N–H and O–H groups in total. The van der Waals surface area contributed by atoms with Crippen molar-refractivity contribution in [2.24, 2.45) is 5.10 Å². The molecule has 0 saturated heterocycles. The number of carbonyl (C=O) groups excluding carboxylic acids is 3. The topological polar surface area (TPSA) is 128 Å². The summed E-state index contributed by atoms with van der Waals surface area (Å²) in [5.41, 5.74) is 4.92. The van der Waals surface area contributed by atoms with Crippen LogP contribution in [0.15, 0.2) is 98.6 Å². The summed E-state index contributed by atoms with van der Waals surface area (Å²) in [5.74, 6) is -0.863. The van der Waals surface area contributed by atoms with Crippen LogP contribution in [0.4, 0.5) is 5.69 Å². The number of halogens is 2. The fourth-order valence-electron chi connectivity index (χ4n) is 4.33. The van der Waals surface area contributed by atoms with Gasteiger partial charge >= 0.3 is 5.97 Å². The Labute approximate surface area is 294 Å². The molecular formula is C35H32Br2N4O7. The van der Waals surface area contributed by atoms with Gasteiger partial charge in [0.25, 0.3) is 11.8 Å². The van der Waals surface area contributed by atoms with E-state index < -0.39 is 17.8 Å². The van der Waals surface area contributed by atoms with Gasteiger partial charge < -0.3 is 29.2 Å². The maximum Gasteiger partial charge on any atom is 0.343 e. The zero-order valence-corrected chi connectivity index (χ0v) is 29.8. The second-order valence-corrected chi connectivity index (χ2v) is 11.9. The number of hydrazone groups is 1. The fourth-order valence-corrected chi connectivity index (χ4v) is 5.67. The van der Waals surface area contributed by atoms with Gasteiger partial charge in [-0.2, -0.15) is 5.10 Å². The SMILES string of the molecule is COc1cc(C(=O)Oc2c(Br)cc(Br)cc2/C=N\NC(=O)/C(=C/c2ccc(N(C)C)cc2)NC(=O)c2ccccc2)cc(OC)c1OC. The van der Waals surface area contributed by atoms with Crippen LogP contribution in [0, 0.1) is 0 Å². The number of carbonyl (C=O) groups is 3. The second kappa shape index (κ2) is 16.6. The van der Waals surface area contributed by atoms with E-state index in [-0.39, 0.29) is 28.5 Å². The van der Waals surface area contributed by atoms with Gasteiger partial charge in [-0.15, -0.1) is 0 Å². The van der Waals surface area contributed by atoms with E-state index in [9.17, 15) is 14.4 Å². The summed E-state index contributed by atoms with van der Waals surface area (Å²) < 4.78 is 22.9. The van der Waals surface area contributed by atoms with Gasteiger partial charge in [0.15, 0.2) is 17.2 Å². The Morgan fingerprint density at radius 1 is 0.792 bits per heavy atom. The van der Waals surface area contributed by atoms with E-state index in [2.05, 4.69) is 47.7 Å². The summed E-state index contributed by atoms with van der Waals surface area (Å²) in [6, 6.07) is 22.2. The van der Waals surface area contributed by atoms with Crippen LogP contribution in [-0.2, 0) is 4.79 Å². The minimum atomic E-state index is -0.718. The molecule has 0 fully saturated rings. The lowest BCUT2D eigenvalue weighted by Crippen LogP contribution is -2.32. The first kappa shape index (κ1) is 35.7. The zero-order valence-electron chi connectivity index (χ0n) is 26.7. The van der Waals surface area contributed by atoms with Crippen molar-refractivity contribution in [2.75, 3.05) is 40.3 Å². The molecule has 0 aliphatic rings. The van der Waals surface area contributed by atoms with Gasteiger partial charge in [0.2, 0.25) is 5.75 Å². The third kappa shape index (κ3) is 9.02. The quantitative estimate of drug-likeness (QED) is 0.0553. The first-order valence-corrected chi connectivity index (χ1v) is 15.8. The summed E-state index contributed by atoms with van der Waals surface area (Å²) >= 11 is 6.87. The largest absolute Gasteiger partial charge is 0.493 e. The van der Waals surface area contributed by atoms with E-state index in [1.807, 2.05) is 43.3 Å². The van der Waals surface area contributed by atoms with E-state index in [0.717, 1.165) is 5.69 Å². The maximum absolute atomic E-state index is 13.4. The van der Waals surface area contributed by atoms with E-state index in [0.29, 0.717) is 31.4 Å². The van der Waals surface area contributed by atoms with Crippen LogP contribution in [0.5, 0.6) is 23.0 Å². The molecule has 0 atom stereocenters. The maximum atomic E-state index is 13.4. The number of anilines is 1. The van der Waals surface area contributed by atoms with Crippen molar-refractivity contribution in [3.8, 4) is 23.0 Å². The molecule has 4 aromatic rings. The summed E-state index contributed by atoms with van der Waals surface area (Å²) in [7, 11) is 8.18. The number of benzene rings is 4. The minimum absolute atomic E-state index is 0.0388. The molecule has 2 amide bonds. The third-order valence-corrected chi connectivity index (χ3v) is 7.80. The molecule has 0 spiro atoms. The van der Waals surface area contributed by atoms with Gasteiger partial charge in [-0.3, -0.25) is 9.59 Å². The van der Waals surface area contributed by atoms with Crippen LogP contribution < -0.4 is 34.6 Å². The van der Waals surface area contributed by atoms with Crippen molar-refractivity contribution in [3.63, 3.8) is 0 Å². The van der Waals surface area contributed by atoms with Crippen LogP contribution in [0.25, 0.3) is 6.08 Å². The minimum Gasteiger partial charge on any atom is -0.493 e. The molecular weight excluding hydrogens is 748 g/mol. The molecule has 0 heterocycles. The Kier molecular flexibility index (Phi) is 12.4. The Morgan fingerprint density at radius 3 is 2.02 bits per heavy atom. The number of esters is 1. The average molecular weight is 780 g/mol. The van der Waals surface area contributed by atoms with Crippen LogP contribution in [0.2, 0.25) is 0 Å². The number of hydrogen-bond donors (Lipinski definition) is 2. The molecule has 0 unspecified atom stereocenters. The van der Waals surface area contributed by atoms with Gasteiger partial charge in [0.1, 0.15) is 5.70 Å². The van der Waals surface area contributed by atoms with E-state index in [4.69, 9.17) is 18.9 Å². The molecule has 0 aliphatic heterocycles. The highest BCUT2D eigenvalue weighted by Crippen LogP contribution is 2.39. The Balaban J connectivity index is 1.60. The van der Waals surface area contributed by atoms with Gasteiger partial charge in [-0.05, 0) is 76.1 Å². The van der Waals surface area contributed by atoms with Crippen LogP contribution in [0.3, 0.4) is 0 Å². The number of nitrogens with one attached hydrogen (secondary N) is 2. The van der Waals surface area contributed by atoms with E-state index in [1.54, 1.807) is 48.5 Å². The third-order valence-electron chi connectivity index (χ3n) is 6.75. The highest BCUT2D eigenvalue weighted by Gasteiger charge is 2.21. The van der Waals surface area contributed by atoms with Gasteiger partial charge in [-0.25, -0.2) is 10.2 Å². The predicted octanol–water partition coefficient (Wildman–Crippen LogP) is 6.44. The van der Waals surface area contributed by atoms with Crippen LogP contribution >= 0.6 is 31.9 Å². The van der Waals surface area contributed by atoms with E-state index in [1.165, 1.54) is 39.7 Å². The van der Waals surface area contributed by atoms with Gasteiger partial charge in [0.05, 0.1) is 37.6 Å². The Morgan fingerprint density at radius 2 is 1.44 bits per heavy atom. The fraction of sp³-hybridized carbons (Fsp3) is 0.143. The molecule has 48 heavy (non-hydrogen) atoms. The van der Waals surface area contributed by atoms with Crippen molar-refractivity contribution in [3.05, 3.63) is 116 Å². The number of methoxy groups -OCH3 is 3. The molecule has 0 aliphatic carbocycles. The van der Waals surface area contributed by atoms with Crippen LogP contribution in [-0.4, -0.2) is 59.4 Å². The van der Waals surface area contributed by atoms with Crippen molar-refractivity contribution >= 4 is 67.6 Å². The monoisotopic (exact) mass is 778 g/mol. The van der Waals surface area contributed by atoms with Crippen molar-refractivity contribution < 1.29 is 33.3 Å². The van der Waals surface area contributed by atoms with Crippen molar-refractivity contribution in [2.45, 2.75) is 0 Å². The number of amides is 2. The molecule has 11 nitrogen and oxygen atoms in total. The number of nitrogens with zero attached hydrogens (tertiary/aromatic N) is 2. The summed E-state index contributed by atoms with van der Waals surface area (Å²) in [5, 5.41) is 6.79. The molecule has 4 aromatic carbocycles. The average Bonchev–Trinajstić information content (AvgIpc) is 3.08. The standard InChI is InChI=1S/C35H32Br2N4O7/c1-41(2)26-13-11-21(12-14-26)15-28(39-33(42)22-9-7-6-8-10-22)34(43)40-38-20-24-16-25(36)19-27(37)31(24)48-35(44)23-17-29(45-3)32(47-5)30(18-23)46-4/h6-20H,1-5H3,(H,39,42)(H,40,43)/b28-15-,38-20-. The molecule has 13 heteroatoms. The van der Waals surface area contributed by atoms with Crippen molar-refractivity contribution in [1.29, 1.82) is 0 Å². The highest BCUT2D eigenvalue weighted by molar-refractivity contribution is 9.11. The summed E-state index contributed by atoms with van der Waals surface area (Å²) in [6.07, 6.45) is 2.86. The molecule has 0 bridgehead atoms. The second-order valence-electron chi connectivity index (χ2n) is 10.2. The first-order chi connectivity index (χ1) is 23.0. The zero-order chi connectivity index (χ0) is 34.8. The predicted molar refractivity (Wildman–Crippen MR) is 191 cm³/mol. The lowest BCUT2D eigenvalue weighted by molar-refractivity contribution is -0.117. The molecule has 4 rings (SSSR count). The van der Waals surface area contributed by atoms with Crippen LogP contribution in [0.1, 0.15) is 31.8 Å². The number of hydrogen-bond acceptors (Lipinski definition) is 9. The molecule has 248 valence electrons. The smallest absolute Gasteiger partial charge is 0.343 e. The highest BCUT2D eigenvalue weighted by atomic mass is 79.9. The Bertz CT molecular complexity index is 1840. The lowest BCUT2D eigenvalue weighted by atomic mass is 10.1. The summed E-state index contributed by atoms with van der Waals surface area (Å²) in [6.45, 7) is 0. The first-order valence-electron chi connectivity index (χ1n) is 14.2. The molecule has 0 saturated carbocycles. The van der Waals surface area contributed by atoms with Crippen molar-refractivity contribution in [1.82, 2.24) is 10.7 Å². The number of rotatable bonds is 12. The summed E-state index contributed by atoms with van der Waals surface area (Å²) in [4.78, 5) is 41.6. The number of ether oxygens (including phenoxy) is 4. The van der Waals surface area contributed by atoms with E-state index >= 15 is 0 Å². The van der Waals surface area contributed by atoms with Gasteiger partial charge in [-0.1, -0.05) is 46.3 Å². The Hall–Kier alpha value is -5.14. The molecule has 0 radical (unpaired) electrons. The lowest BCUT2D eigenvalue weighted by Gasteiger charge is -2.15. The molecule has 0 aromatic heterocycles.